The maximum Gasteiger partial charge on any atom is 0.193 e. The maximum atomic E-state index is 6.10. The first-order valence-corrected chi connectivity index (χ1v) is 8.98. The highest BCUT2D eigenvalue weighted by atomic mass is 127. The van der Waals surface area contributed by atoms with Crippen LogP contribution < -0.4 is 15.5 Å². The summed E-state index contributed by atoms with van der Waals surface area (Å²) in [5.41, 5.74) is 1.34. The summed E-state index contributed by atoms with van der Waals surface area (Å²) in [6, 6.07) is 8.07. The van der Waals surface area contributed by atoms with Gasteiger partial charge in [-0.3, -0.25) is 4.99 Å². The van der Waals surface area contributed by atoms with Gasteiger partial charge in [-0.05, 0) is 39.0 Å². The summed E-state index contributed by atoms with van der Waals surface area (Å²) in [7, 11) is 1.85. The SMILES string of the molecule is CN=C(NCCNC(C)(C)C)N1CCN(c2cccc(Cl)c2)CC1.I. The Bertz CT molecular complexity index is 551. The molecule has 0 unspecified atom stereocenters. The number of anilines is 1. The van der Waals surface area contributed by atoms with E-state index >= 15 is 0 Å². The molecule has 0 aliphatic carbocycles. The molecule has 0 bridgehead atoms. The Hall–Kier alpha value is -0.730. The fourth-order valence-electron chi connectivity index (χ4n) is 2.79. The number of aliphatic imine (C=N–C) groups is 1. The van der Waals surface area contributed by atoms with Crippen molar-refractivity contribution in [3.8, 4) is 0 Å². The van der Waals surface area contributed by atoms with Gasteiger partial charge in [-0.15, -0.1) is 24.0 Å². The summed E-state index contributed by atoms with van der Waals surface area (Å²) in [6.07, 6.45) is 0. The van der Waals surface area contributed by atoms with Crippen LogP contribution in [-0.2, 0) is 0 Å². The lowest BCUT2D eigenvalue weighted by molar-refractivity contribution is 0.369. The quantitative estimate of drug-likeness (QED) is 0.301. The van der Waals surface area contributed by atoms with Crippen molar-refractivity contribution in [2.75, 3.05) is 51.2 Å². The van der Waals surface area contributed by atoms with E-state index in [0.717, 1.165) is 50.3 Å². The molecule has 142 valence electrons. The van der Waals surface area contributed by atoms with Gasteiger partial charge in [0.25, 0.3) is 0 Å². The molecule has 1 heterocycles. The average molecular weight is 480 g/mol. The van der Waals surface area contributed by atoms with Crippen molar-refractivity contribution in [1.82, 2.24) is 15.5 Å². The Labute approximate surface area is 174 Å². The van der Waals surface area contributed by atoms with E-state index in [4.69, 9.17) is 11.6 Å². The van der Waals surface area contributed by atoms with Gasteiger partial charge in [0.05, 0.1) is 0 Å². The number of guanidine groups is 1. The van der Waals surface area contributed by atoms with E-state index in [0.29, 0.717) is 0 Å². The first-order valence-electron chi connectivity index (χ1n) is 8.60. The topological polar surface area (TPSA) is 42.9 Å². The number of halogens is 2. The number of hydrogen-bond donors (Lipinski definition) is 2. The molecular formula is C18H31ClIN5. The molecule has 1 fully saturated rings. The van der Waals surface area contributed by atoms with Crippen LogP contribution in [0.4, 0.5) is 5.69 Å². The summed E-state index contributed by atoms with van der Waals surface area (Å²) in [6.45, 7) is 12.2. The second kappa shape index (κ2) is 10.4. The molecule has 1 aliphatic heterocycles. The second-order valence-corrected chi connectivity index (χ2v) is 7.54. The molecular weight excluding hydrogens is 449 g/mol. The van der Waals surface area contributed by atoms with E-state index in [1.54, 1.807) is 0 Å². The lowest BCUT2D eigenvalue weighted by Gasteiger charge is -2.37. The van der Waals surface area contributed by atoms with E-state index < -0.39 is 0 Å². The molecule has 0 spiro atoms. The van der Waals surface area contributed by atoms with Crippen LogP contribution in [0.5, 0.6) is 0 Å². The summed E-state index contributed by atoms with van der Waals surface area (Å²) in [5, 5.41) is 7.72. The van der Waals surface area contributed by atoms with Gasteiger partial charge >= 0.3 is 0 Å². The summed E-state index contributed by atoms with van der Waals surface area (Å²) < 4.78 is 0. The lowest BCUT2D eigenvalue weighted by atomic mass is 10.1. The molecule has 5 nitrogen and oxygen atoms in total. The van der Waals surface area contributed by atoms with Crippen LogP contribution >= 0.6 is 35.6 Å². The van der Waals surface area contributed by atoms with Gasteiger partial charge in [-0.25, -0.2) is 0 Å². The number of benzene rings is 1. The summed E-state index contributed by atoms with van der Waals surface area (Å²) in [5.74, 6) is 0.983. The van der Waals surface area contributed by atoms with E-state index in [2.05, 4.69) is 52.3 Å². The van der Waals surface area contributed by atoms with Gasteiger partial charge in [0.1, 0.15) is 0 Å². The fourth-order valence-corrected chi connectivity index (χ4v) is 2.98. The van der Waals surface area contributed by atoms with Crippen molar-refractivity contribution >= 4 is 47.2 Å². The van der Waals surface area contributed by atoms with Gasteiger partial charge in [0.2, 0.25) is 0 Å². The minimum Gasteiger partial charge on any atom is -0.368 e. The van der Waals surface area contributed by atoms with Crippen molar-refractivity contribution in [3.05, 3.63) is 29.3 Å². The Kier molecular flexibility index (Phi) is 9.30. The zero-order valence-electron chi connectivity index (χ0n) is 15.7. The van der Waals surface area contributed by atoms with Crippen molar-refractivity contribution < 1.29 is 0 Å². The zero-order chi connectivity index (χ0) is 17.6. The van der Waals surface area contributed by atoms with Gasteiger partial charge in [0, 0.05) is 62.6 Å². The van der Waals surface area contributed by atoms with Crippen LogP contribution in [0.3, 0.4) is 0 Å². The average Bonchev–Trinajstić information content (AvgIpc) is 2.54. The Balaban J connectivity index is 0.00000312. The Morgan fingerprint density at radius 2 is 1.84 bits per heavy atom. The normalized spacial score (nSPS) is 15.8. The van der Waals surface area contributed by atoms with Crippen LogP contribution in [0, 0.1) is 0 Å². The van der Waals surface area contributed by atoms with Gasteiger partial charge in [0.15, 0.2) is 5.96 Å². The molecule has 0 atom stereocenters. The molecule has 0 saturated carbocycles. The van der Waals surface area contributed by atoms with Crippen LogP contribution in [0.1, 0.15) is 20.8 Å². The third-order valence-electron chi connectivity index (χ3n) is 4.03. The molecule has 2 N–H and O–H groups in total. The number of hydrogen-bond acceptors (Lipinski definition) is 3. The van der Waals surface area contributed by atoms with E-state index in [1.807, 2.05) is 25.2 Å². The predicted octanol–water partition coefficient (Wildman–Crippen LogP) is 3.04. The molecule has 1 aliphatic rings. The highest BCUT2D eigenvalue weighted by Gasteiger charge is 2.20. The van der Waals surface area contributed by atoms with Crippen molar-refractivity contribution in [2.24, 2.45) is 4.99 Å². The second-order valence-electron chi connectivity index (χ2n) is 7.10. The van der Waals surface area contributed by atoms with E-state index in [1.165, 1.54) is 5.69 Å². The van der Waals surface area contributed by atoms with Gasteiger partial charge in [-0.2, -0.15) is 0 Å². The van der Waals surface area contributed by atoms with E-state index in [-0.39, 0.29) is 29.5 Å². The zero-order valence-corrected chi connectivity index (χ0v) is 18.8. The first kappa shape index (κ1) is 22.3. The van der Waals surface area contributed by atoms with Crippen LogP contribution in [0.25, 0.3) is 0 Å². The molecule has 1 aromatic rings. The Morgan fingerprint density at radius 3 is 2.40 bits per heavy atom. The monoisotopic (exact) mass is 479 g/mol. The number of nitrogens with zero attached hydrogens (tertiary/aromatic N) is 3. The molecule has 0 radical (unpaired) electrons. The first-order chi connectivity index (χ1) is 11.4. The third-order valence-corrected chi connectivity index (χ3v) is 4.26. The molecule has 2 rings (SSSR count). The summed E-state index contributed by atoms with van der Waals surface area (Å²) in [4.78, 5) is 9.11. The highest BCUT2D eigenvalue weighted by Crippen LogP contribution is 2.20. The molecule has 1 saturated heterocycles. The van der Waals surface area contributed by atoms with Crippen LogP contribution in [0.15, 0.2) is 29.3 Å². The predicted molar refractivity (Wildman–Crippen MR) is 120 cm³/mol. The molecule has 0 aromatic heterocycles. The number of rotatable bonds is 4. The number of nitrogens with one attached hydrogen (secondary N) is 2. The standard InChI is InChI=1S/C18H30ClN5.HI/c1-18(2,3)22-9-8-21-17(20-4)24-12-10-23(11-13-24)16-7-5-6-15(19)14-16;/h5-7,14,22H,8-13H2,1-4H3,(H,20,21);1H. The maximum absolute atomic E-state index is 6.10. The Morgan fingerprint density at radius 1 is 1.16 bits per heavy atom. The van der Waals surface area contributed by atoms with E-state index in [9.17, 15) is 0 Å². The van der Waals surface area contributed by atoms with Crippen molar-refractivity contribution in [1.29, 1.82) is 0 Å². The van der Waals surface area contributed by atoms with Crippen molar-refractivity contribution in [2.45, 2.75) is 26.3 Å². The van der Waals surface area contributed by atoms with Crippen molar-refractivity contribution in [3.63, 3.8) is 0 Å². The fraction of sp³-hybridized carbons (Fsp3) is 0.611. The largest absolute Gasteiger partial charge is 0.368 e. The van der Waals surface area contributed by atoms with Gasteiger partial charge in [-0.1, -0.05) is 17.7 Å². The third kappa shape index (κ3) is 7.58. The van der Waals surface area contributed by atoms with Crippen LogP contribution in [-0.4, -0.2) is 62.7 Å². The smallest absolute Gasteiger partial charge is 0.193 e. The minimum atomic E-state index is 0. The minimum absolute atomic E-state index is 0. The molecule has 25 heavy (non-hydrogen) atoms. The molecule has 1 aromatic carbocycles. The lowest BCUT2D eigenvalue weighted by Crippen LogP contribution is -2.53. The van der Waals surface area contributed by atoms with Crippen LogP contribution in [0.2, 0.25) is 5.02 Å². The van der Waals surface area contributed by atoms with Gasteiger partial charge < -0.3 is 20.4 Å². The molecule has 7 heteroatoms. The summed E-state index contributed by atoms with van der Waals surface area (Å²) >= 11 is 6.10. The molecule has 0 amide bonds. The number of piperazine rings is 1. The highest BCUT2D eigenvalue weighted by molar-refractivity contribution is 14.0.